The third-order valence-electron chi connectivity index (χ3n) is 4.47. The molecule has 12 heteroatoms. The molecule has 0 radical (unpaired) electrons. The zero-order chi connectivity index (χ0) is 29.1. The van der Waals surface area contributed by atoms with Crippen LogP contribution >= 0.6 is 22.9 Å². The number of halogens is 1. The van der Waals surface area contributed by atoms with Crippen molar-refractivity contribution in [2.75, 3.05) is 5.88 Å². The van der Waals surface area contributed by atoms with E-state index in [9.17, 15) is 19.2 Å². The molecule has 2 unspecified atom stereocenters. The highest BCUT2D eigenvalue weighted by molar-refractivity contribution is 7.09. The van der Waals surface area contributed by atoms with E-state index in [-0.39, 0.29) is 24.6 Å². The first kappa shape index (κ1) is 33.4. The van der Waals surface area contributed by atoms with Crippen LogP contribution in [0.15, 0.2) is 17.5 Å². The van der Waals surface area contributed by atoms with E-state index in [0.717, 1.165) is 0 Å². The SMILES string of the molecule is CC(C)C(NC(=O)OC(C)(C)C)C(=O)OC(C=CCCCl)CC(=O)NCc1nc(C(=O)OC(C)(C)C)cs1. The average Bonchev–Trinajstić information content (AvgIpc) is 3.23. The average molecular weight is 574 g/mol. The Morgan fingerprint density at radius 1 is 1.08 bits per heavy atom. The second-order valence-corrected chi connectivity index (χ2v) is 12.2. The number of rotatable bonds is 12. The monoisotopic (exact) mass is 573 g/mol. The number of thiazole rings is 1. The van der Waals surface area contributed by atoms with Gasteiger partial charge in [-0.1, -0.05) is 19.9 Å². The first-order valence-corrected chi connectivity index (χ1v) is 13.8. The number of hydrogen-bond donors (Lipinski definition) is 2. The Morgan fingerprint density at radius 2 is 1.71 bits per heavy atom. The van der Waals surface area contributed by atoms with Gasteiger partial charge in [-0.05, 0) is 60.0 Å². The van der Waals surface area contributed by atoms with E-state index in [1.807, 2.05) is 0 Å². The Morgan fingerprint density at radius 3 is 2.26 bits per heavy atom. The number of aromatic nitrogens is 1. The van der Waals surface area contributed by atoms with Gasteiger partial charge in [-0.25, -0.2) is 19.4 Å². The summed E-state index contributed by atoms with van der Waals surface area (Å²) in [5.41, 5.74) is -1.21. The van der Waals surface area contributed by atoms with Crippen molar-refractivity contribution in [3.63, 3.8) is 0 Å². The van der Waals surface area contributed by atoms with Crippen LogP contribution in [0.3, 0.4) is 0 Å². The second-order valence-electron chi connectivity index (χ2n) is 10.9. The molecule has 1 rings (SSSR count). The van der Waals surface area contributed by atoms with E-state index < -0.39 is 47.3 Å². The van der Waals surface area contributed by atoms with Crippen LogP contribution in [-0.2, 0) is 30.3 Å². The van der Waals surface area contributed by atoms with Crippen LogP contribution in [0.25, 0.3) is 0 Å². The van der Waals surface area contributed by atoms with E-state index in [4.69, 9.17) is 25.8 Å². The standard InChI is InChI=1S/C26H40ClN3O7S/c1-16(2)21(30-24(34)37-26(6,7)8)23(33)35-17(11-9-10-12-27)13-19(31)28-14-20-29-18(15-38-20)22(32)36-25(3,4)5/h9,11,15-17,21H,10,12-14H2,1-8H3,(H,28,31)(H,30,34). The summed E-state index contributed by atoms with van der Waals surface area (Å²) in [6.45, 7) is 14.1. The topological polar surface area (TPSA) is 133 Å². The lowest BCUT2D eigenvalue weighted by molar-refractivity contribution is -0.151. The van der Waals surface area contributed by atoms with E-state index >= 15 is 0 Å². The number of carbonyl (C=O) groups excluding carboxylic acids is 4. The molecule has 1 heterocycles. The van der Waals surface area contributed by atoms with Crippen molar-refractivity contribution in [3.05, 3.63) is 28.2 Å². The van der Waals surface area contributed by atoms with Crippen LogP contribution in [0.5, 0.6) is 0 Å². The van der Waals surface area contributed by atoms with Crippen LogP contribution in [0.2, 0.25) is 0 Å². The normalized spacial score (nSPS) is 13.6. The molecule has 0 saturated carbocycles. The summed E-state index contributed by atoms with van der Waals surface area (Å²) in [5, 5.41) is 7.35. The number of allylic oxidation sites excluding steroid dienone is 1. The summed E-state index contributed by atoms with van der Waals surface area (Å²) in [5.74, 6) is -1.56. The number of hydrogen-bond acceptors (Lipinski definition) is 9. The van der Waals surface area contributed by atoms with Crippen molar-refractivity contribution in [1.29, 1.82) is 0 Å². The highest BCUT2D eigenvalue weighted by Gasteiger charge is 2.30. The molecule has 0 aliphatic rings. The second kappa shape index (κ2) is 15.1. The molecule has 0 aliphatic carbocycles. The molecule has 2 N–H and O–H groups in total. The summed E-state index contributed by atoms with van der Waals surface area (Å²) in [4.78, 5) is 54.1. The number of esters is 2. The van der Waals surface area contributed by atoms with Gasteiger partial charge in [0.1, 0.15) is 28.4 Å². The molecule has 0 aromatic carbocycles. The Kier molecular flexibility index (Phi) is 13.2. The lowest BCUT2D eigenvalue weighted by atomic mass is 10.0. The zero-order valence-electron chi connectivity index (χ0n) is 23.4. The van der Waals surface area contributed by atoms with Gasteiger partial charge in [-0.3, -0.25) is 4.79 Å². The third-order valence-corrected chi connectivity index (χ3v) is 5.54. The molecular formula is C26H40ClN3O7S. The molecule has 2 atom stereocenters. The largest absolute Gasteiger partial charge is 0.456 e. The van der Waals surface area contributed by atoms with Gasteiger partial charge in [-0.2, -0.15) is 0 Å². The first-order valence-electron chi connectivity index (χ1n) is 12.4. The Hall–Kier alpha value is -2.66. The van der Waals surface area contributed by atoms with E-state index in [1.54, 1.807) is 72.9 Å². The number of alkyl carbamates (subject to hydrolysis) is 1. The maximum absolute atomic E-state index is 12.9. The fraction of sp³-hybridized carbons (Fsp3) is 0.654. The van der Waals surface area contributed by atoms with Crippen LogP contribution < -0.4 is 10.6 Å². The van der Waals surface area contributed by atoms with Gasteiger partial charge in [0, 0.05) is 11.3 Å². The van der Waals surface area contributed by atoms with Gasteiger partial charge in [0.05, 0.1) is 13.0 Å². The minimum Gasteiger partial charge on any atom is -0.456 e. The van der Waals surface area contributed by atoms with Gasteiger partial charge < -0.3 is 24.8 Å². The van der Waals surface area contributed by atoms with E-state index in [0.29, 0.717) is 17.3 Å². The smallest absolute Gasteiger partial charge is 0.408 e. The molecule has 0 saturated heterocycles. The number of alkyl halides is 1. The number of carbonyl (C=O) groups is 4. The van der Waals surface area contributed by atoms with Gasteiger partial charge in [0.25, 0.3) is 0 Å². The summed E-state index contributed by atoms with van der Waals surface area (Å²) >= 11 is 6.95. The minimum atomic E-state index is -0.974. The Labute approximate surface area is 233 Å². The number of nitrogens with one attached hydrogen (secondary N) is 2. The highest BCUT2D eigenvalue weighted by atomic mass is 35.5. The van der Waals surface area contributed by atoms with E-state index in [1.165, 1.54) is 11.3 Å². The van der Waals surface area contributed by atoms with Crippen molar-refractivity contribution in [1.82, 2.24) is 15.6 Å². The summed E-state index contributed by atoms with van der Waals surface area (Å²) < 4.78 is 16.1. The quantitative estimate of drug-likeness (QED) is 0.158. The molecule has 1 aromatic heterocycles. The maximum Gasteiger partial charge on any atom is 0.408 e. The van der Waals surface area contributed by atoms with Crippen molar-refractivity contribution < 1.29 is 33.4 Å². The van der Waals surface area contributed by atoms with Crippen LogP contribution in [0.1, 0.15) is 83.7 Å². The Balaban J connectivity index is 2.80. The third kappa shape index (κ3) is 13.8. The van der Waals surface area contributed by atoms with Crippen LogP contribution in [0, 0.1) is 5.92 Å². The van der Waals surface area contributed by atoms with Crippen LogP contribution in [0.4, 0.5) is 4.79 Å². The van der Waals surface area contributed by atoms with Crippen LogP contribution in [-0.4, -0.2) is 58.2 Å². The summed E-state index contributed by atoms with van der Waals surface area (Å²) in [6, 6.07) is -0.974. The molecule has 0 spiro atoms. The van der Waals surface area contributed by atoms with Gasteiger partial charge >= 0.3 is 18.0 Å². The molecular weight excluding hydrogens is 534 g/mol. The summed E-state index contributed by atoms with van der Waals surface area (Å²) in [6.07, 6.45) is 2.04. The fourth-order valence-electron chi connectivity index (χ4n) is 2.86. The predicted molar refractivity (Wildman–Crippen MR) is 146 cm³/mol. The molecule has 10 nitrogen and oxygen atoms in total. The van der Waals surface area contributed by atoms with Crippen molar-refractivity contribution in [2.24, 2.45) is 5.92 Å². The van der Waals surface area contributed by atoms with E-state index in [2.05, 4.69) is 15.6 Å². The van der Waals surface area contributed by atoms with Crippen molar-refractivity contribution in [3.8, 4) is 0 Å². The lowest BCUT2D eigenvalue weighted by Gasteiger charge is -2.26. The molecule has 0 aliphatic heterocycles. The van der Waals surface area contributed by atoms with Gasteiger partial charge in [-0.15, -0.1) is 22.9 Å². The number of nitrogens with zero attached hydrogens (tertiary/aromatic N) is 1. The maximum atomic E-state index is 12.9. The molecule has 0 fully saturated rings. The molecule has 2 amide bonds. The lowest BCUT2D eigenvalue weighted by Crippen LogP contribution is -2.48. The van der Waals surface area contributed by atoms with Crippen molar-refractivity contribution >= 4 is 46.9 Å². The number of amides is 2. The van der Waals surface area contributed by atoms with Gasteiger partial charge in [0.15, 0.2) is 5.69 Å². The number of ether oxygens (including phenoxy) is 3. The van der Waals surface area contributed by atoms with Gasteiger partial charge in [0.2, 0.25) is 5.91 Å². The molecule has 38 heavy (non-hydrogen) atoms. The Bertz CT molecular complexity index is 980. The minimum absolute atomic E-state index is 0.0905. The van der Waals surface area contributed by atoms with Crippen molar-refractivity contribution in [2.45, 2.75) is 98.1 Å². The summed E-state index contributed by atoms with van der Waals surface area (Å²) in [7, 11) is 0. The highest BCUT2D eigenvalue weighted by Crippen LogP contribution is 2.16. The molecule has 0 bridgehead atoms. The zero-order valence-corrected chi connectivity index (χ0v) is 25.0. The first-order chi connectivity index (χ1) is 17.5. The molecule has 214 valence electrons. The molecule has 1 aromatic rings. The fourth-order valence-corrected chi connectivity index (χ4v) is 3.69. The predicted octanol–water partition coefficient (Wildman–Crippen LogP) is 4.75.